The molecule has 0 unspecified atom stereocenters. The molecule has 0 radical (unpaired) electrons. The number of benzene rings is 2. The Hall–Kier alpha value is -1.04. The average molecular weight is 389 g/mol. The standard InChI is InChI=1S/C15H15BrClNO2S/c1-10(2)11-7-8-14(12(16)9-11)18-21(19,20)15-6-4-3-5-13(15)17/h3-10,18H,1-2H3. The number of hydrogen-bond donors (Lipinski definition) is 1. The molecule has 0 aliphatic rings. The first-order valence-electron chi connectivity index (χ1n) is 6.38. The molecule has 0 aliphatic carbocycles. The van der Waals surface area contributed by atoms with Gasteiger partial charge in [0.05, 0.1) is 10.7 Å². The summed E-state index contributed by atoms with van der Waals surface area (Å²) in [5.41, 5.74) is 1.61. The van der Waals surface area contributed by atoms with Gasteiger partial charge in [-0.1, -0.05) is 43.6 Å². The Morgan fingerprint density at radius 1 is 1.14 bits per heavy atom. The molecule has 1 N–H and O–H groups in total. The Kier molecular flexibility index (Phi) is 4.96. The Morgan fingerprint density at radius 3 is 2.38 bits per heavy atom. The van der Waals surface area contributed by atoms with Crippen LogP contribution in [-0.4, -0.2) is 8.42 Å². The monoisotopic (exact) mass is 387 g/mol. The molecule has 0 spiro atoms. The summed E-state index contributed by atoms with van der Waals surface area (Å²) in [5, 5.41) is 0.194. The van der Waals surface area contributed by atoms with Crippen molar-refractivity contribution in [3.63, 3.8) is 0 Å². The molecule has 0 aromatic heterocycles. The maximum Gasteiger partial charge on any atom is 0.263 e. The van der Waals surface area contributed by atoms with E-state index >= 15 is 0 Å². The van der Waals surface area contributed by atoms with E-state index in [9.17, 15) is 8.42 Å². The Labute approximate surface area is 138 Å². The van der Waals surface area contributed by atoms with Crippen LogP contribution in [0.4, 0.5) is 5.69 Å². The van der Waals surface area contributed by atoms with E-state index in [-0.39, 0.29) is 9.92 Å². The zero-order valence-corrected chi connectivity index (χ0v) is 14.8. The van der Waals surface area contributed by atoms with Gasteiger partial charge >= 0.3 is 0 Å². The second kappa shape index (κ2) is 6.38. The van der Waals surface area contributed by atoms with Crippen molar-refractivity contribution >= 4 is 43.2 Å². The van der Waals surface area contributed by atoms with Crippen LogP contribution in [0.5, 0.6) is 0 Å². The smallest absolute Gasteiger partial charge is 0.263 e. The summed E-state index contributed by atoms with van der Waals surface area (Å²) in [6, 6.07) is 11.9. The average Bonchev–Trinajstić information content (AvgIpc) is 2.41. The van der Waals surface area contributed by atoms with Crippen molar-refractivity contribution in [1.82, 2.24) is 0 Å². The molecule has 0 amide bonds. The second-order valence-corrected chi connectivity index (χ2v) is 7.84. The van der Waals surface area contributed by atoms with E-state index in [4.69, 9.17) is 11.6 Å². The first kappa shape index (κ1) is 16.3. The van der Waals surface area contributed by atoms with Gasteiger partial charge < -0.3 is 0 Å². The van der Waals surface area contributed by atoms with Crippen LogP contribution >= 0.6 is 27.5 Å². The van der Waals surface area contributed by atoms with Gasteiger partial charge in [0.2, 0.25) is 0 Å². The zero-order chi connectivity index (χ0) is 15.6. The number of sulfonamides is 1. The van der Waals surface area contributed by atoms with Crippen molar-refractivity contribution in [3.8, 4) is 0 Å². The number of rotatable bonds is 4. The van der Waals surface area contributed by atoms with Crippen LogP contribution in [0.3, 0.4) is 0 Å². The lowest BCUT2D eigenvalue weighted by molar-refractivity contribution is 0.601. The number of hydrogen-bond acceptors (Lipinski definition) is 2. The van der Waals surface area contributed by atoms with Gasteiger partial charge in [0.1, 0.15) is 4.90 Å². The molecule has 0 atom stereocenters. The number of anilines is 1. The SMILES string of the molecule is CC(C)c1ccc(NS(=O)(=O)c2ccccc2Cl)c(Br)c1. The summed E-state index contributed by atoms with van der Waals surface area (Å²) in [4.78, 5) is 0.0616. The summed E-state index contributed by atoms with van der Waals surface area (Å²) in [7, 11) is -3.71. The fourth-order valence-electron chi connectivity index (χ4n) is 1.84. The summed E-state index contributed by atoms with van der Waals surface area (Å²) in [5.74, 6) is 0.371. The van der Waals surface area contributed by atoms with E-state index in [0.717, 1.165) is 5.56 Å². The van der Waals surface area contributed by atoms with Crippen LogP contribution in [0.25, 0.3) is 0 Å². The number of nitrogens with one attached hydrogen (secondary N) is 1. The van der Waals surface area contributed by atoms with Gasteiger partial charge in [0, 0.05) is 4.47 Å². The quantitative estimate of drug-likeness (QED) is 0.798. The van der Waals surface area contributed by atoms with E-state index in [2.05, 4.69) is 34.5 Å². The van der Waals surface area contributed by atoms with E-state index in [1.807, 2.05) is 12.1 Å². The van der Waals surface area contributed by atoms with E-state index in [1.165, 1.54) is 6.07 Å². The minimum Gasteiger partial charge on any atom is -0.278 e. The maximum atomic E-state index is 12.4. The van der Waals surface area contributed by atoms with Crippen LogP contribution in [0.1, 0.15) is 25.3 Å². The van der Waals surface area contributed by atoms with Crippen molar-refractivity contribution in [3.05, 3.63) is 57.5 Å². The van der Waals surface area contributed by atoms with Crippen molar-refractivity contribution in [1.29, 1.82) is 0 Å². The Morgan fingerprint density at radius 2 is 1.81 bits per heavy atom. The summed E-state index contributed by atoms with van der Waals surface area (Å²) >= 11 is 9.35. The molecular weight excluding hydrogens is 374 g/mol. The molecule has 2 aromatic rings. The van der Waals surface area contributed by atoms with Crippen LogP contribution in [0.2, 0.25) is 5.02 Å². The molecule has 2 rings (SSSR count). The van der Waals surface area contributed by atoms with Crippen LogP contribution in [-0.2, 0) is 10.0 Å². The largest absolute Gasteiger partial charge is 0.278 e. The third kappa shape index (κ3) is 3.78. The van der Waals surface area contributed by atoms with Crippen molar-refractivity contribution in [2.45, 2.75) is 24.7 Å². The van der Waals surface area contributed by atoms with Gasteiger partial charge in [0.15, 0.2) is 0 Å². The molecule has 3 nitrogen and oxygen atoms in total. The molecule has 0 heterocycles. The lowest BCUT2D eigenvalue weighted by Crippen LogP contribution is -2.13. The fraction of sp³-hybridized carbons (Fsp3) is 0.200. The molecule has 21 heavy (non-hydrogen) atoms. The van der Waals surface area contributed by atoms with Crippen LogP contribution in [0.15, 0.2) is 51.8 Å². The lowest BCUT2D eigenvalue weighted by Gasteiger charge is -2.13. The van der Waals surface area contributed by atoms with Crippen LogP contribution in [0, 0.1) is 0 Å². The molecule has 0 saturated carbocycles. The van der Waals surface area contributed by atoms with Crippen LogP contribution < -0.4 is 4.72 Å². The van der Waals surface area contributed by atoms with E-state index in [1.54, 1.807) is 24.3 Å². The van der Waals surface area contributed by atoms with E-state index < -0.39 is 10.0 Å². The van der Waals surface area contributed by atoms with E-state index in [0.29, 0.717) is 16.1 Å². The highest BCUT2D eigenvalue weighted by Crippen LogP contribution is 2.30. The highest BCUT2D eigenvalue weighted by Gasteiger charge is 2.18. The third-order valence-electron chi connectivity index (χ3n) is 3.03. The summed E-state index contributed by atoms with van der Waals surface area (Å²) in [6.45, 7) is 4.16. The molecule has 0 aliphatic heterocycles. The van der Waals surface area contributed by atoms with Gasteiger partial charge in [-0.15, -0.1) is 0 Å². The Bertz CT molecular complexity index is 760. The van der Waals surface area contributed by atoms with Crippen molar-refractivity contribution in [2.24, 2.45) is 0 Å². The summed E-state index contributed by atoms with van der Waals surface area (Å²) in [6.07, 6.45) is 0. The third-order valence-corrected chi connectivity index (χ3v) is 5.55. The molecule has 6 heteroatoms. The first-order chi connectivity index (χ1) is 9.81. The summed E-state index contributed by atoms with van der Waals surface area (Å²) < 4.78 is 28.0. The topological polar surface area (TPSA) is 46.2 Å². The van der Waals surface area contributed by atoms with Gasteiger partial charge in [-0.05, 0) is 51.7 Å². The molecule has 112 valence electrons. The minimum atomic E-state index is -3.71. The zero-order valence-electron chi connectivity index (χ0n) is 11.6. The second-order valence-electron chi connectivity index (χ2n) is 4.93. The molecule has 0 saturated heterocycles. The highest BCUT2D eigenvalue weighted by atomic mass is 79.9. The molecule has 2 aromatic carbocycles. The van der Waals surface area contributed by atoms with Gasteiger partial charge in [-0.3, -0.25) is 4.72 Å². The van der Waals surface area contributed by atoms with Gasteiger partial charge in [0.25, 0.3) is 10.0 Å². The maximum absolute atomic E-state index is 12.4. The number of halogens is 2. The van der Waals surface area contributed by atoms with Gasteiger partial charge in [-0.2, -0.15) is 0 Å². The van der Waals surface area contributed by atoms with Gasteiger partial charge in [-0.25, -0.2) is 8.42 Å². The Balaban J connectivity index is 2.36. The highest BCUT2D eigenvalue weighted by molar-refractivity contribution is 9.10. The minimum absolute atomic E-state index is 0.0616. The van der Waals surface area contributed by atoms with Crippen molar-refractivity contribution < 1.29 is 8.42 Å². The fourth-order valence-corrected chi connectivity index (χ4v) is 4.06. The lowest BCUT2D eigenvalue weighted by atomic mass is 10.0. The molecule has 0 bridgehead atoms. The molecule has 0 fully saturated rings. The first-order valence-corrected chi connectivity index (χ1v) is 9.03. The predicted octanol–water partition coefficient (Wildman–Crippen LogP) is 5.03. The van der Waals surface area contributed by atoms with Crippen molar-refractivity contribution in [2.75, 3.05) is 4.72 Å². The molecular formula is C15H15BrClNO2S. The predicted molar refractivity (Wildman–Crippen MR) is 90.5 cm³/mol. The normalized spacial score (nSPS) is 11.7.